The van der Waals surface area contributed by atoms with Crippen LogP contribution < -0.4 is 15.0 Å². The number of carbonyl (C=O) groups excluding carboxylic acids is 1. The highest BCUT2D eigenvalue weighted by Gasteiger charge is 2.32. The van der Waals surface area contributed by atoms with E-state index in [2.05, 4.69) is 20.0 Å². The summed E-state index contributed by atoms with van der Waals surface area (Å²) in [6.45, 7) is 4.56. The van der Waals surface area contributed by atoms with Crippen LogP contribution in [0.25, 0.3) is 0 Å². The molecule has 1 N–H and O–H groups in total. The fraction of sp³-hybridized carbons (Fsp3) is 0.600. The van der Waals surface area contributed by atoms with Gasteiger partial charge in [0.15, 0.2) is 5.82 Å². The summed E-state index contributed by atoms with van der Waals surface area (Å²) in [7, 11) is 5.16. The fourth-order valence-corrected chi connectivity index (χ4v) is 4.14. The Morgan fingerprint density at radius 1 is 1.37 bits per heavy atom. The number of amides is 2. The minimum absolute atomic E-state index is 0.0821. The Kier molecular flexibility index (Phi) is 5.76. The molecule has 1 fully saturated rings. The molecular formula is C20H29N7O3. The van der Waals surface area contributed by atoms with Crippen LogP contribution in [0.3, 0.4) is 0 Å². The Hall–Kier alpha value is -2.88. The molecular weight excluding hydrogens is 386 g/mol. The zero-order valence-electron chi connectivity index (χ0n) is 18.0. The predicted octanol–water partition coefficient (Wildman–Crippen LogP) is 1.81. The first-order valence-electron chi connectivity index (χ1n) is 10.3. The third kappa shape index (κ3) is 3.67. The van der Waals surface area contributed by atoms with E-state index in [0.29, 0.717) is 31.0 Å². The second kappa shape index (κ2) is 8.47. The molecule has 2 aromatic heterocycles. The van der Waals surface area contributed by atoms with Crippen molar-refractivity contribution in [2.24, 2.45) is 0 Å². The lowest BCUT2D eigenvalue weighted by Gasteiger charge is -2.30. The van der Waals surface area contributed by atoms with Crippen molar-refractivity contribution in [3.05, 3.63) is 23.0 Å². The maximum absolute atomic E-state index is 12.3. The molecule has 0 atom stereocenters. The van der Waals surface area contributed by atoms with Crippen molar-refractivity contribution >= 4 is 17.8 Å². The number of carbonyl (C=O) groups is 1. The van der Waals surface area contributed by atoms with Gasteiger partial charge in [0.2, 0.25) is 11.8 Å². The van der Waals surface area contributed by atoms with Gasteiger partial charge in [0.25, 0.3) is 0 Å². The highest BCUT2D eigenvalue weighted by atomic mass is 16.5. The molecule has 0 spiro atoms. The summed E-state index contributed by atoms with van der Waals surface area (Å²) in [6, 6.07) is 0.219. The lowest BCUT2D eigenvalue weighted by Crippen LogP contribution is -2.41. The van der Waals surface area contributed by atoms with Crippen molar-refractivity contribution in [3.63, 3.8) is 0 Å². The maximum atomic E-state index is 12.3. The molecule has 10 nitrogen and oxygen atoms in total. The number of hydrogen-bond donors (Lipinski definition) is 1. The van der Waals surface area contributed by atoms with Gasteiger partial charge in [0.05, 0.1) is 19.7 Å². The van der Waals surface area contributed by atoms with Gasteiger partial charge in [-0.2, -0.15) is 10.1 Å². The van der Waals surface area contributed by atoms with Crippen molar-refractivity contribution in [2.75, 3.05) is 45.9 Å². The van der Waals surface area contributed by atoms with Crippen LogP contribution in [0.2, 0.25) is 0 Å². The highest BCUT2D eigenvalue weighted by molar-refractivity contribution is 5.74. The van der Waals surface area contributed by atoms with Crippen LogP contribution in [0.1, 0.15) is 35.7 Å². The number of aryl methyl sites for hydroxylation is 1. The number of ether oxygens (including phenoxy) is 2. The molecule has 30 heavy (non-hydrogen) atoms. The monoisotopic (exact) mass is 415 g/mol. The van der Waals surface area contributed by atoms with E-state index in [1.54, 1.807) is 20.4 Å². The number of nitrogens with zero attached hydrogens (tertiary/aromatic N) is 6. The van der Waals surface area contributed by atoms with Gasteiger partial charge in [0.1, 0.15) is 0 Å². The lowest BCUT2D eigenvalue weighted by molar-refractivity contribution is 0.0651. The molecule has 4 rings (SSSR count). The maximum Gasteiger partial charge on any atom is 0.317 e. The number of anilines is 2. The van der Waals surface area contributed by atoms with Crippen molar-refractivity contribution < 1.29 is 14.3 Å². The summed E-state index contributed by atoms with van der Waals surface area (Å²) in [5.41, 5.74) is 3.10. The molecule has 2 aliphatic heterocycles. The largest absolute Gasteiger partial charge is 0.481 e. The number of hydrogen-bond acceptors (Lipinski definition) is 7. The summed E-state index contributed by atoms with van der Waals surface area (Å²) in [6.07, 6.45) is 4.38. The molecule has 1 saturated heterocycles. The van der Waals surface area contributed by atoms with Crippen LogP contribution in [-0.2, 0) is 17.7 Å². The molecule has 0 bridgehead atoms. The van der Waals surface area contributed by atoms with E-state index >= 15 is 0 Å². The van der Waals surface area contributed by atoms with Gasteiger partial charge in [-0.1, -0.05) is 0 Å². The molecule has 0 aliphatic carbocycles. The molecule has 2 aromatic rings. The van der Waals surface area contributed by atoms with Crippen LogP contribution in [0.4, 0.5) is 16.6 Å². The summed E-state index contributed by atoms with van der Waals surface area (Å²) >= 11 is 0. The molecule has 10 heteroatoms. The number of nitrogens with one attached hydrogen (secondary N) is 1. The minimum atomic E-state index is -0.0821. The Morgan fingerprint density at radius 3 is 2.83 bits per heavy atom. The van der Waals surface area contributed by atoms with E-state index < -0.39 is 0 Å². The number of rotatable bonds is 4. The highest BCUT2D eigenvalue weighted by Crippen LogP contribution is 2.35. The Morgan fingerprint density at radius 2 is 2.13 bits per heavy atom. The number of fused-ring (bicyclic) bond motifs is 1. The zero-order chi connectivity index (χ0) is 21.3. The van der Waals surface area contributed by atoms with Crippen molar-refractivity contribution in [1.29, 1.82) is 0 Å². The fourth-order valence-electron chi connectivity index (χ4n) is 4.14. The van der Waals surface area contributed by atoms with Gasteiger partial charge >= 0.3 is 6.03 Å². The third-order valence-electron chi connectivity index (χ3n) is 5.83. The molecule has 0 radical (unpaired) electrons. The third-order valence-corrected chi connectivity index (χ3v) is 5.83. The molecule has 2 amide bonds. The average molecular weight is 415 g/mol. The zero-order valence-corrected chi connectivity index (χ0v) is 18.0. The summed E-state index contributed by atoms with van der Waals surface area (Å²) < 4.78 is 13.1. The van der Waals surface area contributed by atoms with Crippen LogP contribution >= 0.6 is 0 Å². The van der Waals surface area contributed by atoms with E-state index in [0.717, 1.165) is 49.4 Å². The number of urea groups is 1. The van der Waals surface area contributed by atoms with E-state index in [9.17, 15) is 4.79 Å². The SMILES string of the molecule is CNC(=O)N1CCc2c(c(N(C)c3ncc(C)c(OC)n3)nn2C2CCOCC2)C1. The number of methoxy groups -OCH3 is 1. The second-order valence-electron chi connectivity index (χ2n) is 7.68. The average Bonchev–Trinajstić information content (AvgIpc) is 3.17. The summed E-state index contributed by atoms with van der Waals surface area (Å²) in [5.74, 6) is 1.82. The molecule has 0 aromatic carbocycles. The van der Waals surface area contributed by atoms with Gasteiger partial charge < -0.3 is 19.7 Å². The first-order chi connectivity index (χ1) is 14.5. The standard InChI is InChI=1S/C20H29N7O3/c1-13-11-22-19(23-18(13)29-4)25(3)17-15-12-26(20(28)21-2)8-5-16(15)27(24-17)14-6-9-30-10-7-14/h11,14H,5-10,12H2,1-4H3,(H,21,28). The van der Waals surface area contributed by atoms with Gasteiger partial charge in [-0.25, -0.2) is 9.78 Å². The Labute approximate surface area is 176 Å². The first-order valence-corrected chi connectivity index (χ1v) is 10.3. The van der Waals surface area contributed by atoms with Crippen LogP contribution in [0.15, 0.2) is 6.20 Å². The van der Waals surface area contributed by atoms with Gasteiger partial charge in [0, 0.05) is 63.3 Å². The smallest absolute Gasteiger partial charge is 0.317 e. The Balaban J connectivity index is 1.74. The number of aromatic nitrogens is 4. The molecule has 4 heterocycles. The van der Waals surface area contributed by atoms with Crippen LogP contribution in [-0.4, -0.2) is 71.6 Å². The van der Waals surface area contributed by atoms with Crippen LogP contribution in [0, 0.1) is 6.92 Å². The quantitative estimate of drug-likeness (QED) is 0.813. The summed E-state index contributed by atoms with van der Waals surface area (Å²) in [4.78, 5) is 25.0. The van der Waals surface area contributed by atoms with Gasteiger partial charge in [-0.15, -0.1) is 0 Å². The van der Waals surface area contributed by atoms with E-state index in [4.69, 9.17) is 14.6 Å². The van der Waals surface area contributed by atoms with Crippen LogP contribution in [0.5, 0.6) is 5.88 Å². The molecule has 2 aliphatic rings. The lowest BCUT2D eigenvalue weighted by atomic mass is 10.0. The first kappa shape index (κ1) is 20.4. The van der Waals surface area contributed by atoms with Gasteiger partial charge in [-0.05, 0) is 19.8 Å². The van der Waals surface area contributed by atoms with E-state index in [-0.39, 0.29) is 6.03 Å². The topological polar surface area (TPSA) is 97.6 Å². The normalized spacial score (nSPS) is 16.9. The Bertz CT molecular complexity index is 923. The van der Waals surface area contributed by atoms with E-state index in [1.807, 2.05) is 23.8 Å². The molecule has 0 unspecified atom stereocenters. The molecule has 0 saturated carbocycles. The predicted molar refractivity (Wildman–Crippen MR) is 111 cm³/mol. The summed E-state index contributed by atoms with van der Waals surface area (Å²) in [5, 5.41) is 7.72. The molecule has 162 valence electrons. The minimum Gasteiger partial charge on any atom is -0.481 e. The van der Waals surface area contributed by atoms with Gasteiger partial charge in [-0.3, -0.25) is 9.58 Å². The van der Waals surface area contributed by atoms with E-state index in [1.165, 1.54) is 5.69 Å². The van der Waals surface area contributed by atoms with Crippen molar-refractivity contribution in [2.45, 2.75) is 38.8 Å². The van der Waals surface area contributed by atoms with Crippen molar-refractivity contribution in [1.82, 2.24) is 30.0 Å². The second-order valence-corrected chi connectivity index (χ2v) is 7.68. The van der Waals surface area contributed by atoms with Crippen molar-refractivity contribution in [3.8, 4) is 5.88 Å².